The van der Waals surface area contributed by atoms with Crippen molar-refractivity contribution < 1.29 is 9.53 Å². The third-order valence-corrected chi connectivity index (χ3v) is 4.02. The van der Waals surface area contributed by atoms with Crippen LogP contribution in [0.15, 0.2) is 60.8 Å². The number of benzene rings is 2. The van der Waals surface area contributed by atoms with Gasteiger partial charge in [-0.3, -0.25) is 4.79 Å². The average Bonchev–Trinajstić information content (AvgIpc) is 3.02. The van der Waals surface area contributed by atoms with E-state index in [1.165, 1.54) is 5.39 Å². The number of aryl methyl sites for hydroxylation is 1. The molecule has 3 aromatic rings. The number of aromatic nitrogens is 1. The minimum Gasteiger partial charge on any atom is -0.492 e. The molecule has 24 heavy (non-hydrogen) atoms. The second kappa shape index (κ2) is 7.88. The molecule has 0 spiro atoms. The van der Waals surface area contributed by atoms with Gasteiger partial charge in [0, 0.05) is 29.7 Å². The summed E-state index contributed by atoms with van der Waals surface area (Å²) in [6.07, 6.45) is 2.46. The number of halogens is 1. The Balaban J connectivity index is 1.39. The summed E-state index contributed by atoms with van der Waals surface area (Å²) in [5, 5.41) is 4.73. The molecule has 1 N–H and O–H groups in total. The van der Waals surface area contributed by atoms with Crippen molar-refractivity contribution in [2.24, 2.45) is 0 Å². The molecule has 0 fully saturated rings. The van der Waals surface area contributed by atoms with E-state index in [1.54, 1.807) is 24.3 Å². The largest absolute Gasteiger partial charge is 0.492 e. The lowest BCUT2D eigenvalue weighted by molar-refractivity contribution is -0.121. The van der Waals surface area contributed by atoms with Crippen LogP contribution in [0.4, 0.5) is 0 Å². The SMILES string of the molecule is O=C(CCn1ccc2ccccc21)NCCOc1ccc(Cl)cc1. The maximum Gasteiger partial charge on any atom is 0.221 e. The number of ether oxygens (including phenoxy) is 1. The highest BCUT2D eigenvalue weighted by atomic mass is 35.5. The summed E-state index contributed by atoms with van der Waals surface area (Å²) >= 11 is 5.81. The molecule has 124 valence electrons. The minimum atomic E-state index is 0.0208. The van der Waals surface area contributed by atoms with Gasteiger partial charge in [-0.05, 0) is 41.8 Å². The van der Waals surface area contributed by atoms with Gasteiger partial charge < -0.3 is 14.6 Å². The zero-order chi connectivity index (χ0) is 16.8. The number of amides is 1. The van der Waals surface area contributed by atoms with Crippen molar-refractivity contribution >= 4 is 28.4 Å². The highest BCUT2D eigenvalue weighted by molar-refractivity contribution is 6.30. The number of rotatable bonds is 7. The van der Waals surface area contributed by atoms with Crippen LogP contribution in [0.3, 0.4) is 0 Å². The quantitative estimate of drug-likeness (QED) is 0.662. The van der Waals surface area contributed by atoms with Crippen LogP contribution in [0.1, 0.15) is 6.42 Å². The Labute approximate surface area is 146 Å². The maximum atomic E-state index is 11.9. The van der Waals surface area contributed by atoms with E-state index in [0.29, 0.717) is 31.1 Å². The van der Waals surface area contributed by atoms with Crippen molar-refractivity contribution in [1.29, 1.82) is 0 Å². The number of carbonyl (C=O) groups is 1. The predicted octanol–water partition coefficient (Wildman–Crippen LogP) is 3.88. The molecule has 1 amide bonds. The van der Waals surface area contributed by atoms with Crippen molar-refractivity contribution in [2.45, 2.75) is 13.0 Å². The number of hydrogen-bond donors (Lipinski definition) is 1. The maximum absolute atomic E-state index is 11.9. The van der Waals surface area contributed by atoms with Crippen LogP contribution in [0.25, 0.3) is 10.9 Å². The van der Waals surface area contributed by atoms with Gasteiger partial charge in [0.05, 0.1) is 6.54 Å². The molecule has 1 heterocycles. The van der Waals surface area contributed by atoms with Gasteiger partial charge in [-0.25, -0.2) is 0 Å². The first-order chi connectivity index (χ1) is 11.7. The molecule has 2 aromatic carbocycles. The van der Waals surface area contributed by atoms with Crippen molar-refractivity contribution in [1.82, 2.24) is 9.88 Å². The van der Waals surface area contributed by atoms with E-state index >= 15 is 0 Å². The number of nitrogens with one attached hydrogen (secondary N) is 1. The molecule has 0 unspecified atom stereocenters. The number of hydrogen-bond acceptors (Lipinski definition) is 2. The van der Waals surface area contributed by atoms with E-state index in [1.807, 2.05) is 18.3 Å². The fourth-order valence-corrected chi connectivity index (χ4v) is 2.66. The number of fused-ring (bicyclic) bond motifs is 1. The van der Waals surface area contributed by atoms with Crippen molar-refractivity contribution in [3.8, 4) is 5.75 Å². The van der Waals surface area contributed by atoms with Gasteiger partial charge in [0.2, 0.25) is 5.91 Å². The van der Waals surface area contributed by atoms with Gasteiger partial charge in [-0.15, -0.1) is 0 Å². The Morgan fingerprint density at radius 1 is 1.08 bits per heavy atom. The normalized spacial score (nSPS) is 10.7. The summed E-state index contributed by atoms with van der Waals surface area (Å²) in [6.45, 7) is 1.57. The predicted molar refractivity (Wildman–Crippen MR) is 96.5 cm³/mol. The molecular formula is C19H19ClN2O2. The number of para-hydroxylation sites is 1. The van der Waals surface area contributed by atoms with Crippen LogP contribution in [0, 0.1) is 0 Å². The Bertz CT molecular complexity index is 812. The minimum absolute atomic E-state index is 0.0208. The topological polar surface area (TPSA) is 43.3 Å². The second-order valence-electron chi connectivity index (χ2n) is 5.47. The fraction of sp³-hybridized carbons (Fsp3) is 0.211. The smallest absolute Gasteiger partial charge is 0.221 e. The average molecular weight is 343 g/mol. The zero-order valence-electron chi connectivity index (χ0n) is 13.2. The first kappa shape index (κ1) is 16.4. The molecule has 1 aromatic heterocycles. The zero-order valence-corrected chi connectivity index (χ0v) is 14.0. The summed E-state index contributed by atoms with van der Waals surface area (Å²) in [7, 11) is 0. The van der Waals surface area contributed by atoms with Gasteiger partial charge in [0.1, 0.15) is 12.4 Å². The van der Waals surface area contributed by atoms with E-state index in [9.17, 15) is 4.79 Å². The molecule has 0 aliphatic carbocycles. The molecule has 0 bridgehead atoms. The van der Waals surface area contributed by atoms with Crippen molar-refractivity contribution in [3.63, 3.8) is 0 Å². The van der Waals surface area contributed by atoms with Crippen LogP contribution in [0.2, 0.25) is 5.02 Å². The molecule has 3 rings (SSSR count). The van der Waals surface area contributed by atoms with Gasteiger partial charge in [0.15, 0.2) is 0 Å². The summed E-state index contributed by atoms with van der Waals surface area (Å²) in [5.41, 5.74) is 1.15. The molecule has 5 heteroatoms. The monoisotopic (exact) mass is 342 g/mol. The lowest BCUT2D eigenvalue weighted by Gasteiger charge is -2.09. The highest BCUT2D eigenvalue weighted by Crippen LogP contribution is 2.16. The van der Waals surface area contributed by atoms with Gasteiger partial charge in [0.25, 0.3) is 0 Å². The Hall–Kier alpha value is -2.46. The van der Waals surface area contributed by atoms with Crippen LogP contribution in [-0.4, -0.2) is 23.6 Å². The molecule has 0 aliphatic heterocycles. The molecule has 0 aliphatic rings. The van der Waals surface area contributed by atoms with Crippen molar-refractivity contribution in [3.05, 3.63) is 65.8 Å². The summed E-state index contributed by atoms with van der Waals surface area (Å²) in [5.74, 6) is 0.764. The Kier molecular flexibility index (Phi) is 5.39. The van der Waals surface area contributed by atoms with Crippen LogP contribution < -0.4 is 10.1 Å². The second-order valence-corrected chi connectivity index (χ2v) is 5.91. The first-order valence-corrected chi connectivity index (χ1v) is 8.29. The Morgan fingerprint density at radius 2 is 1.88 bits per heavy atom. The molecular weight excluding hydrogens is 324 g/mol. The molecule has 0 saturated carbocycles. The summed E-state index contributed by atoms with van der Waals surface area (Å²) < 4.78 is 7.64. The summed E-state index contributed by atoms with van der Waals surface area (Å²) in [6, 6.07) is 17.4. The van der Waals surface area contributed by atoms with E-state index in [2.05, 4.69) is 28.1 Å². The van der Waals surface area contributed by atoms with E-state index in [4.69, 9.17) is 16.3 Å². The molecule has 0 radical (unpaired) electrons. The third kappa shape index (κ3) is 4.30. The summed E-state index contributed by atoms with van der Waals surface area (Å²) in [4.78, 5) is 11.9. The fourth-order valence-electron chi connectivity index (χ4n) is 2.54. The van der Waals surface area contributed by atoms with Crippen molar-refractivity contribution in [2.75, 3.05) is 13.2 Å². The molecule has 0 atom stereocenters. The van der Waals surface area contributed by atoms with E-state index in [-0.39, 0.29) is 5.91 Å². The third-order valence-electron chi connectivity index (χ3n) is 3.77. The van der Waals surface area contributed by atoms with Gasteiger partial charge in [-0.1, -0.05) is 29.8 Å². The Morgan fingerprint density at radius 3 is 2.71 bits per heavy atom. The molecule has 0 saturated heterocycles. The number of carbonyl (C=O) groups excluding carboxylic acids is 1. The van der Waals surface area contributed by atoms with Crippen LogP contribution in [0.5, 0.6) is 5.75 Å². The van der Waals surface area contributed by atoms with Gasteiger partial charge >= 0.3 is 0 Å². The number of nitrogens with zero attached hydrogens (tertiary/aromatic N) is 1. The standard InChI is InChI=1S/C19H19ClN2O2/c20-16-5-7-17(8-6-16)24-14-11-21-19(23)10-13-22-12-9-15-3-1-2-4-18(15)22/h1-9,12H,10-11,13-14H2,(H,21,23). The first-order valence-electron chi connectivity index (χ1n) is 7.91. The van der Waals surface area contributed by atoms with E-state index < -0.39 is 0 Å². The van der Waals surface area contributed by atoms with Crippen LogP contribution >= 0.6 is 11.6 Å². The lowest BCUT2D eigenvalue weighted by Crippen LogP contribution is -2.28. The van der Waals surface area contributed by atoms with E-state index in [0.717, 1.165) is 11.3 Å². The molecule has 4 nitrogen and oxygen atoms in total. The lowest BCUT2D eigenvalue weighted by atomic mass is 10.2. The highest BCUT2D eigenvalue weighted by Gasteiger charge is 2.04. The van der Waals surface area contributed by atoms with Crippen LogP contribution in [-0.2, 0) is 11.3 Å². The van der Waals surface area contributed by atoms with Gasteiger partial charge in [-0.2, -0.15) is 0 Å².